The van der Waals surface area contributed by atoms with E-state index in [0.29, 0.717) is 34.7 Å². The Morgan fingerprint density at radius 3 is 2.18 bits per heavy atom. The predicted octanol–water partition coefficient (Wildman–Crippen LogP) is 5.13. The van der Waals surface area contributed by atoms with Crippen molar-refractivity contribution < 1.29 is 28.6 Å². The first-order valence-electron chi connectivity index (χ1n) is 12.7. The van der Waals surface area contributed by atoms with E-state index >= 15 is 0 Å². The fraction of sp³-hybridized carbons (Fsp3) is 0.367. The maximum absolute atomic E-state index is 14.3. The van der Waals surface area contributed by atoms with Crippen LogP contribution in [0.5, 0.6) is 5.75 Å². The maximum Gasteiger partial charge on any atom is 0.336 e. The molecule has 2 aromatic rings. The van der Waals surface area contributed by atoms with E-state index in [1.807, 2.05) is 61.7 Å². The molecule has 4 rings (SSSR count). The number of hydrogen-bond acceptors (Lipinski definition) is 8. The number of dihydropyridines is 1. The molecule has 1 aliphatic carbocycles. The third-order valence-electron chi connectivity index (χ3n) is 7.05. The van der Waals surface area contributed by atoms with Crippen molar-refractivity contribution in [2.24, 2.45) is 5.92 Å². The highest BCUT2D eigenvalue weighted by Crippen LogP contribution is 2.48. The summed E-state index contributed by atoms with van der Waals surface area (Å²) in [5.74, 6) is -2.85. The van der Waals surface area contributed by atoms with Gasteiger partial charge in [0.2, 0.25) is 0 Å². The molecule has 0 radical (unpaired) electrons. The van der Waals surface area contributed by atoms with E-state index in [2.05, 4.69) is 5.32 Å². The van der Waals surface area contributed by atoms with Gasteiger partial charge in [-0.25, -0.2) is 4.79 Å². The van der Waals surface area contributed by atoms with Crippen LogP contribution in [0.2, 0.25) is 0 Å². The second kappa shape index (κ2) is 11.9. The number of ketones is 1. The molecule has 0 bridgehead atoms. The van der Waals surface area contributed by atoms with Gasteiger partial charge < -0.3 is 19.5 Å². The Labute approximate surface area is 227 Å². The van der Waals surface area contributed by atoms with Crippen LogP contribution < -0.4 is 10.1 Å². The molecule has 0 fully saturated rings. The Bertz CT molecular complexity index is 1280. The van der Waals surface area contributed by atoms with Crippen LogP contribution >= 0.6 is 11.8 Å². The van der Waals surface area contributed by atoms with Gasteiger partial charge >= 0.3 is 11.9 Å². The lowest BCUT2D eigenvalue weighted by Crippen LogP contribution is -2.43. The molecule has 2 aliphatic rings. The monoisotopic (exact) mass is 535 g/mol. The van der Waals surface area contributed by atoms with Crippen molar-refractivity contribution in [3.05, 3.63) is 82.2 Å². The highest BCUT2D eigenvalue weighted by atomic mass is 32.2. The van der Waals surface area contributed by atoms with Crippen molar-refractivity contribution in [2.75, 3.05) is 26.6 Å². The summed E-state index contributed by atoms with van der Waals surface area (Å²) in [6.45, 7) is 5.66. The molecule has 7 nitrogen and oxygen atoms in total. The zero-order valence-corrected chi connectivity index (χ0v) is 23.1. The van der Waals surface area contributed by atoms with Crippen molar-refractivity contribution in [1.29, 1.82) is 0 Å². The Morgan fingerprint density at radius 1 is 0.974 bits per heavy atom. The number of carbonyl (C=O) groups is 3. The van der Waals surface area contributed by atoms with E-state index < -0.39 is 29.7 Å². The number of hydrogen-bond donors (Lipinski definition) is 1. The maximum atomic E-state index is 14.3. The summed E-state index contributed by atoms with van der Waals surface area (Å²) < 4.78 is 16.1. The average Bonchev–Trinajstić information content (AvgIpc) is 2.92. The summed E-state index contributed by atoms with van der Waals surface area (Å²) >= 11 is 1.61. The fourth-order valence-corrected chi connectivity index (χ4v) is 5.72. The van der Waals surface area contributed by atoms with Crippen LogP contribution in [-0.4, -0.2) is 44.3 Å². The summed E-state index contributed by atoms with van der Waals surface area (Å²) in [6.07, 6.45) is 2.39. The first-order valence-corrected chi connectivity index (χ1v) is 13.9. The van der Waals surface area contributed by atoms with Crippen LogP contribution in [0.1, 0.15) is 50.2 Å². The molecule has 0 amide bonds. The first-order chi connectivity index (χ1) is 18.3. The highest BCUT2D eigenvalue weighted by Gasteiger charge is 2.49. The summed E-state index contributed by atoms with van der Waals surface area (Å²) in [6, 6.07) is 15.2. The lowest BCUT2D eigenvalue weighted by atomic mass is 9.67. The molecule has 8 heteroatoms. The molecule has 3 atom stereocenters. The van der Waals surface area contributed by atoms with Crippen molar-refractivity contribution in [1.82, 2.24) is 5.32 Å². The third kappa shape index (κ3) is 5.23. The SMILES string of the molecule is CCOC(=O)C1=C(C)NC2=C(C(=O)[C@H](C(=O)OCC)[C@H](c3ccc(OC)cc3)C2)[C@H]1c1ccc(SC)cc1. The minimum atomic E-state index is -1.04. The van der Waals surface area contributed by atoms with Gasteiger partial charge in [-0.1, -0.05) is 24.3 Å². The molecule has 0 aromatic heterocycles. The van der Waals surface area contributed by atoms with Crippen LogP contribution in [0.25, 0.3) is 0 Å². The standard InChI is InChI=1S/C30H33NO6S/c1-6-36-29(33)24-17(3)31-23-16-22(18-8-12-20(35-4)13-9-18)26(30(34)37-7-2)28(32)27(23)25(24)19-10-14-21(38-5)15-11-19/h8-15,22,25-26,31H,6-7,16H2,1-5H3/t22-,25-,26+/m0/s1. The van der Waals surface area contributed by atoms with Gasteiger partial charge in [-0.15, -0.1) is 11.8 Å². The Morgan fingerprint density at radius 2 is 1.61 bits per heavy atom. The lowest BCUT2D eigenvalue weighted by molar-refractivity contribution is -0.152. The molecule has 2 aromatic carbocycles. The number of nitrogens with one attached hydrogen (secondary N) is 1. The second-order valence-corrected chi connectivity index (χ2v) is 10.0. The summed E-state index contributed by atoms with van der Waals surface area (Å²) in [4.78, 5) is 41.9. The van der Waals surface area contributed by atoms with E-state index in [4.69, 9.17) is 14.2 Å². The average molecular weight is 536 g/mol. The normalized spacial score (nSPS) is 21.0. The number of carbonyl (C=O) groups excluding carboxylic acids is 3. The number of Topliss-reactive ketones (excluding diaryl/α,β-unsaturated/α-hetero) is 1. The molecule has 0 saturated carbocycles. The zero-order valence-electron chi connectivity index (χ0n) is 22.3. The van der Waals surface area contributed by atoms with Gasteiger partial charge in [0.1, 0.15) is 11.7 Å². The van der Waals surface area contributed by atoms with E-state index in [9.17, 15) is 14.4 Å². The van der Waals surface area contributed by atoms with Gasteiger partial charge in [0.15, 0.2) is 5.78 Å². The van der Waals surface area contributed by atoms with E-state index in [0.717, 1.165) is 16.0 Å². The van der Waals surface area contributed by atoms with Crippen molar-refractivity contribution in [2.45, 2.75) is 43.9 Å². The van der Waals surface area contributed by atoms with Crippen LogP contribution in [-0.2, 0) is 23.9 Å². The molecule has 1 aliphatic heterocycles. The van der Waals surface area contributed by atoms with Gasteiger partial charge in [-0.05, 0) is 68.8 Å². The smallest absolute Gasteiger partial charge is 0.336 e. The molecule has 200 valence electrons. The molecule has 38 heavy (non-hydrogen) atoms. The molecule has 0 unspecified atom stereocenters. The number of benzene rings is 2. The number of methoxy groups -OCH3 is 1. The Hall–Kier alpha value is -3.52. The Balaban J connectivity index is 1.87. The second-order valence-electron chi connectivity index (χ2n) is 9.16. The Kier molecular flexibility index (Phi) is 8.62. The quantitative estimate of drug-likeness (QED) is 0.283. The van der Waals surface area contributed by atoms with Gasteiger partial charge in [0, 0.05) is 33.7 Å². The van der Waals surface area contributed by atoms with Crippen molar-refractivity contribution in [3.8, 4) is 5.75 Å². The topological polar surface area (TPSA) is 90.9 Å². The number of allylic oxidation sites excluding steroid dienone is 3. The molecule has 0 spiro atoms. The van der Waals surface area contributed by atoms with Crippen LogP contribution in [0, 0.1) is 5.92 Å². The number of ether oxygens (including phenoxy) is 3. The molecular weight excluding hydrogens is 502 g/mol. The number of thioether (sulfide) groups is 1. The van der Waals surface area contributed by atoms with Gasteiger partial charge in [0.25, 0.3) is 0 Å². The zero-order chi connectivity index (χ0) is 27.4. The van der Waals surface area contributed by atoms with Gasteiger partial charge in [-0.3, -0.25) is 9.59 Å². The minimum Gasteiger partial charge on any atom is -0.497 e. The molecule has 1 heterocycles. The lowest BCUT2D eigenvalue weighted by Gasteiger charge is -2.39. The van der Waals surface area contributed by atoms with Crippen LogP contribution in [0.15, 0.2) is 76.0 Å². The van der Waals surface area contributed by atoms with E-state index in [-0.39, 0.29) is 19.0 Å². The summed E-state index contributed by atoms with van der Waals surface area (Å²) in [5, 5.41) is 3.33. The highest BCUT2D eigenvalue weighted by molar-refractivity contribution is 7.98. The fourth-order valence-electron chi connectivity index (χ4n) is 5.31. The van der Waals surface area contributed by atoms with Crippen molar-refractivity contribution >= 4 is 29.5 Å². The predicted molar refractivity (Wildman–Crippen MR) is 146 cm³/mol. The number of esters is 2. The molecule has 1 N–H and O–H groups in total. The molecule has 0 saturated heterocycles. The first kappa shape index (κ1) is 27.5. The van der Waals surface area contributed by atoms with Crippen LogP contribution in [0.3, 0.4) is 0 Å². The summed E-state index contributed by atoms with van der Waals surface area (Å²) in [7, 11) is 1.59. The number of rotatable bonds is 8. The van der Waals surface area contributed by atoms with Gasteiger partial charge in [0.05, 0.1) is 25.9 Å². The third-order valence-corrected chi connectivity index (χ3v) is 7.79. The van der Waals surface area contributed by atoms with Crippen LogP contribution in [0.4, 0.5) is 0 Å². The largest absolute Gasteiger partial charge is 0.497 e. The van der Waals surface area contributed by atoms with E-state index in [1.54, 1.807) is 32.7 Å². The van der Waals surface area contributed by atoms with E-state index in [1.165, 1.54) is 0 Å². The minimum absolute atomic E-state index is 0.161. The van der Waals surface area contributed by atoms with Gasteiger partial charge in [-0.2, -0.15) is 0 Å². The van der Waals surface area contributed by atoms with Crippen molar-refractivity contribution in [3.63, 3.8) is 0 Å². The molecular formula is C30H33NO6S. The summed E-state index contributed by atoms with van der Waals surface area (Å²) in [5.41, 5.74) is 3.76.